The Hall–Kier alpha value is -2.24. The van der Waals surface area contributed by atoms with Crippen molar-refractivity contribution in [3.05, 3.63) is 58.4 Å². The van der Waals surface area contributed by atoms with E-state index in [0.29, 0.717) is 19.0 Å². The van der Waals surface area contributed by atoms with E-state index in [1.54, 1.807) is 12.1 Å². The average Bonchev–Trinajstić information content (AvgIpc) is 3.12. The van der Waals surface area contributed by atoms with Gasteiger partial charge in [-0.05, 0) is 61.1 Å². The molecular weight excluding hydrogens is 377 g/mol. The SMILES string of the molecule is CC1=NC2(N=C1N)c1cc(-c3ccc(F)c(Cl)c3)ccc1CC21CCOCC1. The Kier molecular flexibility index (Phi) is 3.90. The fourth-order valence-electron chi connectivity index (χ4n) is 4.91. The molecule has 1 fully saturated rings. The van der Waals surface area contributed by atoms with E-state index in [-0.39, 0.29) is 10.4 Å². The predicted octanol–water partition coefficient (Wildman–Crippen LogP) is 4.48. The van der Waals surface area contributed by atoms with Crippen molar-refractivity contribution in [3.63, 3.8) is 0 Å². The van der Waals surface area contributed by atoms with Gasteiger partial charge in [-0.1, -0.05) is 29.8 Å². The minimum Gasteiger partial charge on any atom is -0.382 e. The number of ether oxygens (including phenoxy) is 1. The summed E-state index contributed by atoms with van der Waals surface area (Å²) in [7, 11) is 0. The van der Waals surface area contributed by atoms with Gasteiger partial charge in [-0.2, -0.15) is 0 Å². The number of halogens is 2. The lowest BCUT2D eigenvalue weighted by atomic mass is 9.70. The summed E-state index contributed by atoms with van der Waals surface area (Å²) in [5.41, 5.74) is 10.3. The molecule has 1 atom stereocenters. The first-order valence-corrected chi connectivity index (χ1v) is 9.91. The minimum atomic E-state index is -0.694. The first-order valence-electron chi connectivity index (χ1n) is 9.53. The highest BCUT2D eigenvalue weighted by molar-refractivity contribution is 6.41. The largest absolute Gasteiger partial charge is 0.382 e. The zero-order chi connectivity index (χ0) is 19.5. The van der Waals surface area contributed by atoms with Crippen molar-refractivity contribution < 1.29 is 9.13 Å². The van der Waals surface area contributed by atoms with Crippen LogP contribution in [-0.2, 0) is 16.8 Å². The van der Waals surface area contributed by atoms with Crippen LogP contribution in [0.4, 0.5) is 4.39 Å². The zero-order valence-corrected chi connectivity index (χ0v) is 16.4. The molecule has 2 spiro atoms. The number of aliphatic imine (C=N–C) groups is 2. The van der Waals surface area contributed by atoms with Crippen LogP contribution in [0.2, 0.25) is 5.02 Å². The molecule has 2 aromatic rings. The molecule has 2 heterocycles. The summed E-state index contributed by atoms with van der Waals surface area (Å²) in [6.45, 7) is 3.34. The number of benzene rings is 2. The average molecular weight is 398 g/mol. The molecule has 4 nitrogen and oxygen atoms in total. The quantitative estimate of drug-likeness (QED) is 0.771. The lowest BCUT2D eigenvalue weighted by Gasteiger charge is -2.42. The fraction of sp³-hybridized carbons (Fsp3) is 0.364. The number of nitrogens with zero attached hydrogens (tertiary/aromatic N) is 2. The Labute approximate surface area is 168 Å². The Morgan fingerprint density at radius 1 is 1.07 bits per heavy atom. The second-order valence-electron chi connectivity index (χ2n) is 7.94. The highest BCUT2D eigenvalue weighted by atomic mass is 35.5. The summed E-state index contributed by atoms with van der Waals surface area (Å²) in [5.74, 6) is 0.0894. The van der Waals surface area contributed by atoms with Crippen LogP contribution < -0.4 is 5.73 Å². The smallest absolute Gasteiger partial charge is 0.184 e. The Balaban J connectivity index is 1.69. The monoisotopic (exact) mass is 397 g/mol. The molecule has 2 N–H and O–H groups in total. The highest BCUT2D eigenvalue weighted by Crippen LogP contribution is 2.60. The van der Waals surface area contributed by atoms with Crippen LogP contribution in [0.5, 0.6) is 0 Å². The van der Waals surface area contributed by atoms with Crippen LogP contribution in [0.25, 0.3) is 11.1 Å². The third-order valence-corrected chi connectivity index (χ3v) is 6.73. The Bertz CT molecular complexity index is 1020. The molecule has 1 aliphatic carbocycles. The number of hydrogen-bond donors (Lipinski definition) is 1. The van der Waals surface area contributed by atoms with Crippen LogP contribution >= 0.6 is 11.6 Å². The van der Waals surface area contributed by atoms with Crippen LogP contribution in [0.15, 0.2) is 46.4 Å². The van der Waals surface area contributed by atoms with Gasteiger partial charge in [0.15, 0.2) is 5.66 Å². The van der Waals surface area contributed by atoms with Crippen molar-refractivity contribution in [2.75, 3.05) is 13.2 Å². The lowest BCUT2D eigenvalue weighted by Crippen LogP contribution is -2.43. The van der Waals surface area contributed by atoms with Crippen molar-refractivity contribution in [3.8, 4) is 11.1 Å². The van der Waals surface area contributed by atoms with E-state index in [1.807, 2.05) is 6.92 Å². The molecule has 1 unspecified atom stereocenters. The van der Waals surface area contributed by atoms with Gasteiger partial charge in [-0.25, -0.2) is 9.38 Å². The molecule has 0 amide bonds. The molecule has 5 rings (SSSR count). The van der Waals surface area contributed by atoms with E-state index in [2.05, 4.69) is 18.2 Å². The second kappa shape index (κ2) is 6.13. The van der Waals surface area contributed by atoms with Crippen LogP contribution in [0.1, 0.15) is 30.9 Å². The third-order valence-electron chi connectivity index (χ3n) is 6.44. The molecular formula is C22H21ClFN3O. The van der Waals surface area contributed by atoms with Gasteiger partial charge in [0.05, 0.1) is 10.7 Å². The van der Waals surface area contributed by atoms with Gasteiger partial charge >= 0.3 is 0 Å². The summed E-state index contributed by atoms with van der Waals surface area (Å²) < 4.78 is 19.3. The molecule has 2 aliphatic heterocycles. The molecule has 6 heteroatoms. The number of hydrogen-bond acceptors (Lipinski definition) is 4. The van der Waals surface area contributed by atoms with Gasteiger partial charge < -0.3 is 10.5 Å². The van der Waals surface area contributed by atoms with Gasteiger partial charge in [0.1, 0.15) is 11.7 Å². The van der Waals surface area contributed by atoms with E-state index < -0.39 is 11.5 Å². The van der Waals surface area contributed by atoms with Gasteiger partial charge in [0.2, 0.25) is 0 Å². The van der Waals surface area contributed by atoms with Crippen LogP contribution in [0.3, 0.4) is 0 Å². The van der Waals surface area contributed by atoms with Gasteiger partial charge in [-0.3, -0.25) is 4.99 Å². The first-order chi connectivity index (χ1) is 13.4. The summed E-state index contributed by atoms with van der Waals surface area (Å²) in [5, 5.41) is 0.116. The molecule has 0 radical (unpaired) electrons. The van der Waals surface area contributed by atoms with Crippen molar-refractivity contribution in [2.24, 2.45) is 21.1 Å². The summed E-state index contributed by atoms with van der Waals surface area (Å²) >= 11 is 6.01. The number of fused-ring (bicyclic) bond motifs is 3. The molecule has 1 saturated heterocycles. The standard InChI is InChI=1S/C22H21ClFN3O/c1-13-20(25)27-22(26-13)17-10-14(15-4-5-19(24)18(23)11-15)2-3-16(17)12-21(22)6-8-28-9-7-21/h2-5,10-11H,6-9,12H2,1H3,(H2,25,27). The van der Waals surface area contributed by atoms with Crippen molar-refractivity contribution in [2.45, 2.75) is 31.8 Å². The van der Waals surface area contributed by atoms with E-state index in [1.165, 1.54) is 11.6 Å². The van der Waals surface area contributed by atoms with Gasteiger partial charge in [-0.15, -0.1) is 0 Å². The Morgan fingerprint density at radius 3 is 2.46 bits per heavy atom. The molecule has 0 bridgehead atoms. The fourth-order valence-corrected chi connectivity index (χ4v) is 5.09. The van der Waals surface area contributed by atoms with Crippen molar-refractivity contribution in [1.82, 2.24) is 0 Å². The summed E-state index contributed by atoms with van der Waals surface area (Å²) in [6, 6.07) is 11.1. The van der Waals surface area contributed by atoms with E-state index >= 15 is 0 Å². The third kappa shape index (κ3) is 2.39. The normalized spacial score (nSPS) is 25.1. The van der Waals surface area contributed by atoms with Crippen LogP contribution in [0, 0.1) is 11.2 Å². The van der Waals surface area contributed by atoms with Gasteiger partial charge in [0.25, 0.3) is 0 Å². The topological polar surface area (TPSA) is 60.0 Å². The molecule has 28 heavy (non-hydrogen) atoms. The maximum Gasteiger partial charge on any atom is 0.184 e. The molecule has 0 saturated carbocycles. The van der Waals surface area contributed by atoms with Crippen molar-refractivity contribution >= 4 is 23.1 Å². The van der Waals surface area contributed by atoms with Crippen molar-refractivity contribution in [1.29, 1.82) is 0 Å². The van der Waals surface area contributed by atoms with Crippen LogP contribution in [-0.4, -0.2) is 24.8 Å². The summed E-state index contributed by atoms with van der Waals surface area (Å²) in [6.07, 6.45) is 2.70. The second-order valence-corrected chi connectivity index (χ2v) is 8.34. The zero-order valence-electron chi connectivity index (χ0n) is 15.6. The molecule has 3 aliphatic rings. The van der Waals surface area contributed by atoms with E-state index in [0.717, 1.165) is 41.7 Å². The molecule has 0 aromatic heterocycles. The summed E-state index contributed by atoms with van der Waals surface area (Å²) in [4.78, 5) is 9.97. The molecule has 2 aromatic carbocycles. The first kappa shape index (κ1) is 17.8. The minimum absolute atomic E-state index is 0.116. The maximum absolute atomic E-state index is 13.6. The lowest BCUT2D eigenvalue weighted by molar-refractivity contribution is -0.0194. The number of rotatable bonds is 1. The number of amidine groups is 1. The predicted molar refractivity (Wildman–Crippen MR) is 109 cm³/mol. The molecule has 144 valence electrons. The highest BCUT2D eigenvalue weighted by Gasteiger charge is 2.60. The van der Waals surface area contributed by atoms with E-state index in [9.17, 15) is 4.39 Å². The van der Waals surface area contributed by atoms with E-state index in [4.69, 9.17) is 32.1 Å². The van der Waals surface area contributed by atoms with Gasteiger partial charge in [0, 0.05) is 24.2 Å². The Morgan fingerprint density at radius 2 is 1.79 bits per heavy atom. The maximum atomic E-state index is 13.6. The number of nitrogens with two attached hydrogens (primary N) is 1.